The van der Waals surface area contributed by atoms with E-state index in [4.69, 9.17) is 5.10 Å². The van der Waals surface area contributed by atoms with E-state index >= 15 is 0 Å². The van der Waals surface area contributed by atoms with Crippen LogP contribution in [0.25, 0.3) is 22.5 Å². The second-order valence-corrected chi connectivity index (χ2v) is 7.82. The number of nitrogens with zero attached hydrogens (tertiary/aromatic N) is 3. The Kier molecular flexibility index (Phi) is 4.68. The quantitative estimate of drug-likeness (QED) is 0.264. The molecule has 1 aliphatic heterocycles. The molecule has 0 saturated heterocycles. The van der Waals surface area contributed by atoms with Gasteiger partial charge < -0.3 is 5.32 Å². The van der Waals surface area contributed by atoms with Crippen LogP contribution in [-0.2, 0) is 0 Å². The maximum atomic E-state index is 13.1. The van der Waals surface area contributed by atoms with Crippen molar-refractivity contribution < 1.29 is 4.68 Å². The molecular weight excluding hydrogens is 396 g/mol. The number of aromatic nitrogens is 5. The van der Waals surface area contributed by atoms with Crippen molar-refractivity contribution in [3.63, 3.8) is 0 Å². The highest BCUT2D eigenvalue weighted by molar-refractivity contribution is 7.99. The summed E-state index contributed by atoms with van der Waals surface area (Å²) in [5, 5.41) is 16.2. The number of fused-ring (bicyclic) bond motifs is 3. The lowest BCUT2D eigenvalue weighted by molar-refractivity contribution is -0.759. The summed E-state index contributed by atoms with van der Waals surface area (Å²) in [7, 11) is 0. The number of aromatic amines is 2. The Morgan fingerprint density at radius 1 is 1.13 bits per heavy atom. The van der Waals surface area contributed by atoms with E-state index in [9.17, 15) is 4.79 Å². The molecule has 0 amide bonds. The van der Waals surface area contributed by atoms with E-state index in [0.29, 0.717) is 16.6 Å². The van der Waals surface area contributed by atoms with Crippen molar-refractivity contribution in [2.75, 3.05) is 11.1 Å². The van der Waals surface area contributed by atoms with Crippen molar-refractivity contribution in [3.05, 3.63) is 89.4 Å². The van der Waals surface area contributed by atoms with Gasteiger partial charge in [-0.15, -0.1) is 6.58 Å². The summed E-state index contributed by atoms with van der Waals surface area (Å²) in [6.07, 6.45) is 3.17. The summed E-state index contributed by atoms with van der Waals surface area (Å²) in [5.74, 6) is 0.651. The molecule has 2 aromatic carbocycles. The van der Waals surface area contributed by atoms with Gasteiger partial charge in [0.05, 0.1) is 28.7 Å². The summed E-state index contributed by atoms with van der Waals surface area (Å²) in [4.78, 5) is 16.0. The van der Waals surface area contributed by atoms with Crippen molar-refractivity contribution in [2.45, 2.75) is 11.3 Å². The van der Waals surface area contributed by atoms with E-state index in [-0.39, 0.29) is 5.56 Å². The standard InChI is InChI=1S/C22H18N6OS/c1-2-12-30-22-25-21(29)19-15-10-6-7-11-17(15)24-20(28(19)27-22)16-13-23-26-18(16)14-8-4-3-5-9-14/h2-11,13,20H,1,12H2,(H2,23,25,26,27,29)/p+1/t20-/m0/s1. The van der Waals surface area contributed by atoms with Crippen LogP contribution < -0.4 is 15.6 Å². The topological polar surface area (TPSA) is 90.3 Å². The van der Waals surface area contributed by atoms with Crippen LogP contribution in [0.1, 0.15) is 11.7 Å². The minimum absolute atomic E-state index is 0.180. The molecule has 30 heavy (non-hydrogen) atoms. The zero-order chi connectivity index (χ0) is 20.5. The minimum Gasteiger partial charge on any atom is -0.321 e. The first kappa shape index (κ1) is 18.4. The molecular formula is C22H19N6OS+. The number of para-hydroxylation sites is 1. The largest absolute Gasteiger partial charge is 0.325 e. The molecule has 148 valence electrons. The van der Waals surface area contributed by atoms with Gasteiger partial charge in [-0.2, -0.15) is 5.10 Å². The van der Waals surface area contributed by atoms with Gasteiger partial charge in [0.1, 0.15) is 0 Å². The van der Waals surface area contributed by atoms with Gasteiger partial charge >= 0.3 is 11.3 Å². The Labute approximate surface area is 176 Å². The Bertz CT molecular complexity index is 1280. The number of hydrogen-bond donors (Lipinski definition) is 3. The predicted molar refractivity (Wildman–Crippen MR) is 117 cm³/mol. The molecule has 4 aromatic rings. The lowest BCUT2D eigenvalue weighted by Gasteiger charge is -2.22. The molecule has 7 nitrogen and oxygen atoms in total. The van der Waals surface area contributed by atoms with Gasteiger partial charge in [-0.3, -0.25) is 14.9 Å². The first-order valence-electron chi connectivity index (χ1n) is 9.50. The molecule has 1 atom stereocenters. The van der Waals surface area contributed by atoms with Crippen LogP contribution in [0.5, 0.6) is 0 Å². The third kappa shape index (κ3) is 3.11. The Balaban J connectivity index is 1.71. The second kappa shape index (κ2) is 7.64. The first-order valence-corrected chi connectivity index (χ1v) is 10.5. The van der Waals surface area contributed by atoms with Crippen LogP contribution >= 0.6 is 11.8 Å². The average molecular weight is 416 g/mol. The van der Waals surface area contributed by atoms with Crippen LogP contribution in [0, 0.1) is 0 Å². The summed E-state index contributed by atoms with van der Waals surface area (Å²) in [6.45, 7) is 3.74. The highest BCUT2D eigenvalue weighted by Crippen LogP contribution is 2.34. The smallest absolute Gasteiger partial charge is 0.321 e. The van der Waals surface area contributed by atoms with E-state index in [1.165, 1.54) is 11.8 Å². The molecule has 0 spiro atoms. The van der Waals surface area contributed by atoms with E-state index in [1.54, 1.807) is 17.0 Å². The normalized spacial score (nSPS) is 14.5. The molecule has 8 heteroatoms. The third-order valence-corrected chi connectivity index (χ3v) is 5.81. The van der Waals surface area contributed by atoms with Crippen LogP contribution in [0.4, 0.5) is 5.69 Å². The predicted octanol–water partition coefficient (Wildman–Crippen LogP) is 3.37. The lowest BCUT2D eigenvalue weighted by atomic mass is 10.0. The summed E-state index contributed by atoms with van der Waals surface area (Å²) in [6, 6.07) is 17.7. The maximum Gasteiger partial charge on any atom is 0.325 e. The number of benzene rings is 2. The van der Waals surface area contributed by atoms with Crippen LogP contribution in [0.3, 0.4) is 0 Å². The van der Waals surface area contributed by atoms with Gasteiger partial charge in [0, 0.05) is 16.4 Å². The summed E-state index contributed by atoms with van der Waals surface area (Å²) < 4.78 is 1.75. The molecule has 5 rings (SSSR count). The van der Waals surface area contributed by atoms with Crippen molar-refractivity contribution in [3.8, 4) is 22.5 Å². The number of nitrogens with one attached hydrogen (secondary N) is 3. The highest BCUT2D eigenvalue weighted by Gasteiger charge is 2.39. The van der Waals surface area contributed by atoms with Gasteiger partial charge in [-0.1, -0.05) is 60.3 Å². The van der Waals surface area contributed by atoms with E-state index in [1.807, 2.05) is 54.6 Å². The first-order chi connectivity index (χ1) is 14.8. The van der Waals surface area contributed by atoms with Gasteiger partial charge in [-0.05, 0) is 16.8 Å². The number of anilines is 1. The third-order valence-electron chi connectivity index (χ3n) is 4.95. The van der Waals surface area contributed by atoms with Crippen LogP contribution in [0.2, 0.25) is 0 Å². The average Bonchev–Trinajstić information content (AvgIpc) is 3.27. The van der Waals surface area contributed by atoms with E-state index in [0.717, 1.165) is 28.1 Å². The van der Waals surface area contributed by atoms with Crippen molar-refractivity contribution >= 4 is 17.4 Å². The molecule has 3 N–H and O–H groups in total. The van der Waals surface area contributed by atoms with E-state index < -0.39 is 6.17 Å². The Morgan fingerprint density at radius 3 is 2.77 bits per heavy atom. The maximum absolute atomic E-state index is 13.1. The number of thioether (sulfide) groups is 1. The number of H-pyrrole nitrogens is 2. The molecule has 0 unspecified atom stereocenters. The molecule has 0 aliphatic carbocycles. The Hall–Kier alpha value is -3.65. The zero-order valence-corrected chi connectivity index (χ0v) is 16.8. The van der Waals surface area contributed by atoms with Gasteiger partial charge in [0.2, 0.25) is 5.16 Å². The molecule has 0 saturated carbocycles. The monoisotopic (exact) mass is 415 g/mol. The fraction of sp³-hybridized carbons (Fsp3) is 0.0909. The summed E-state index contributed by atoms with van der Waals surface area (Å²) in [5.41, 5.74) is 4.82. The van der Waals surface area contributed by atoms with E-state index in [2.05, 4.69) is 27.1 Å². The fourth-order valence-corrected chi connectivity index (χ4v) is 4.23. The highest BCUT2D eigenvalue weighted by atomic mass is 32.2. The SMILES string of the molecule is C=CCSc1n[n+]2c(c(=O)[nH]1)-c1ccccc1N[C@@H]2c1cn[nH]c1-c1ccccc1. The van der Waals surface area contributed by atoms with Crippen LogP contribution in [-0.4, -0.2) is 26.0 Å². The molecule has 0 fully saturated rings. The van der Waals surface area contributed by atoms with Gasteiger partial charge in [-0.25, -0.2) is 0 Å². The van der Waals surface area contributed by atoms with Crippen LogP contribution in [0.15, 0.2) is 83.4 Å². The number of rotatable bonds is 5. The lowest BCUT2D eigenvalue weighted by Crippen LogP contribution is -2.55. The summed E-state index contributed by atoms with van der Waals surface area (Å²) >= 11 is 1.43. The Morgan fingerprint density at radius 2 is 1.93 bits per heavy atom. The van der Waals surface area contributed by atoms with Crippen molar-refractivity contribution in [1.29, 1.82) is 0 Å². The molecule has 0 radical (unpaired) electrons. The second-order valence-electron chi connectivity index (χ2n) is 6.81. The molecule has 1 aliphatic rings. The zero-order valence-electron chi connectivity index (χ0n) is 16.0. The van der Waals surface area contributed by atoms with Gasteiger partial charge in [0.25, 0.3) is 6.17 Å². The fourth-order valence-electron chi connectivity index (χ4n) is 3.64. The van der Waals surface area contributed by atoms with Crippen molar-refractivity contribution in [2.24, 2.45) is 0 Å². The molecule has 2 aromatic heterocycles. The molecule has 0 bridgehead atoms. The van der Waals surface area contributed by atoms with Crippen molar-refractivity contribution in [1.82, 2.24) is 20.3 Å². The molecule has 3 heterocycles. The van der Waals surface area contributed by atoms with Gasteiger partial charge in [0.15, 0.2) is 0 Å². The minimum atomic E-state index is -0.394. The number of hydrogen-bond acceptors (Lipinski definition) is 5.